The average Bonchev–Trinajstić information content (AvgIpc) is 3.30. The van der Waals surface area contributed by atoms with Crippen LogP contribution >= 0.6 is 0 Å². The molecular formula is C21H23N7O. The van der Waals surface area contributed by atoms with E-state index in [0.29, 0.717) is 17.9 Å². The first-order valence-electron chi connectivity index (χ1n) is 9.73. The number of aromatic nitrogens is 4. The summed E-state index contributed by atoms with van der Waals surface area (Å²) in [5.41, 5.74) is 1.82. The summed E-state index contributed by atoms with van der Waals surface area (Å²) in [4.78, 5) is 16.9. The monoisotopic (exact) mass is 389 g/mol. The Bertz CT molecular complexity index is 1030. The van der Waals surface area contributed by atoms with Crippen LogP contribution in [0.2, 0.25) is 0 Å². The third-order valence-corrected chi connectivity index (χ3v) is 5.17. The second-order valence-electron chi connectivity index (χ2n) is 7.13. The minimum atomic E-state index is -0.0969. The first-order chi connectivity index (χ1) is 14.2. The highest BCUT2D eigenvalue weighted by molar-refractivity contribution is 5.31. The van der Waals surface area contributed by atoms with Gasteiger partial charge in [-0.05, 0) is 29.8 Å². The summed E-state index contributed by atoms with van der Waals surface area (Å²) in [6, 6.07) is 15.0. The number of hydrogen-bond donors (Lipinski definition) is 0. The van der Waals surface area contributed by atoms with Gasteiger partial charge >= 0.3 is 0 Å². The predicted octanol–water partition coefficient (Wildman–Crippen LogP) is 1.12. The van der Waals surface area contributed by atoms with Crippen molar-refractivity contribution in [3.8, 4) is 11.9 Å². The molecule has 2 aromatic heterocycles. The minimum Gasteiger partial charge on any atom is -0.299 e. The number of nitriles is 1. The molecule has 1 fully saturated rings. The lowest BCUT2D eigenvalue weighted by Crippen LogP contribution is -2.47. The summed E-state index contributed by atoms with van der Waals surface area (Å²) in [5, 5.41) is 17.5. The summed E-state index contributed by atoms with van der Waals surface area (Å²) in [6.45, 7) is 6.13. The number of rotatable bonds is 6. The van der Waals surface area contributed by atoms with Crippen LogP contribution in [-0.2, 0) is 13.1 Å². The van der Waals surface area contributed by atoms with E-state index in [0.717, 1.165) is 39.3 Å². The third kappa shape index (κ3) is 4.77. The van der Waals surface area contributed by atoms with Gasteiger partial charge < -0.3 is 0 Å². The van der Waals surface area contributed by atoms with Gasteiger partial charge in [0.05, 0.1) is 18.2 Å². The highest BCUT2D eigenvalue weighted by atomic mass is 16.1. The molecule has 1 aliphatic rings. The number of benzene rings is 1. The van der Waals surface area contributed by atoms with Gasteiger partial charge in [0.25, 0.3) is 5.56 Å². The standard InChI is InChI=1S/C21H23N7O/c22-16-18-2-4-19(5-3-18)17-26-12-10-25(11-13-26)14-15-28-21(29)7-6-20(24-28)27-9-1-8-23-27/h1-9H,10-15,17H2. The second kappa shape index (κ2) is 8.82. The SMILES string of the molecule is N#Cc1ccc(CN2CCN(CCn3nc(-n4cccn4)ccc3=O)CC2)cc1. The van der Waals surface area contributed by atoms with Gasteiger partial charge in [0.1, 0.15) is 0 Å². The summed E-state index contributed by atoms with van der Waals surface area (Å²) in [5.74, 6) is 0.641. The maximum atomic E-state index is 12.1. The van der Waals surface area contributed by atoms with E-state index in [9.17, 15) is 4.79 Å². The minimum absolute atomic E-state index is 0.0969. The van der Waals surface area contributed by atoms with Crippen LogP contribution < -0.4 is 5.56 Å². The molecule has 1 saturated heterocycles. The molecule has 0 amide bonds. The van der Waals surface area contributed by atoms with Crippen molar-refractivity contribution in [1.29, 1.82) is 5.26 Å². The lowest BCUT2D eigenvalue weighted by atomic mass is 10.1. The van der Waals surface area contributed by atoms with Crippen LogP contribution in [0.15, 0.2) is 59.7 Å². The van der Waals surface area contributed by atoms with Gasteiger partial charge in [-0.15, -0.1) is 5.10 Å². The molecular weight excluding hydrogens is 366 g/mol. The Kier molecular flexibility index (Phi) is 5.79. The molecule has 0 saturated carbocycles. The van der Waals surface area contributed by atoms with Gasteiger partial charge in [-0.1, -0.05) is 12.1 Å². The van der Waals surface area contributed by atoms with Crippen molar-refractivity contribution < 1.29 is 0 Å². The molecule has 0 atom stereocenters. The van der Waals surface area contributed by atoms with Gasteiger partial charge in [-0.25, -0.2) is 9.36 Å². The Morgan fingerprint density at radius 1 is 0.966 bits per heavy atom. The quantitative estimate of drug-likeness (QED) is 0.628. The molecule has 148 valence electrons. The van der Waals surface area contributed by atoms with E-state index in [1.807, 2.05) is 36.5 Å². The van der Waals surface area contributed by atoms with Crippen molar-refractivity contribution in [2.75, 3.05) is 32.7 Å². The lowest BCUT2D eigenvalue weighted by Gasteiger charge is -2.34. The van der Waals surface area contributed by atoms with Gasteiger partial charge in [-0.3, -0.25) is 14.6 Å². The van der Waals surface area contributed by atoms with E-state index in [2.05, 4.69) is 26.1 Å². The van der Waals surface area contributed by atoms with Crippen LogP contribution in [0.4, 0.5) is 0 Å². The zero-order valence-corrected chi connectivity index (χ0v) is 16.2. The van der Waals surface area contributed by atoms with Gasteiger partial charge in [0, 0.05) is 57.7 Å². The van der Waals surface area contributed by atoms with Crippen LogP contribution in [0.1, 0.15) is 11.1 Å². The van der Waals surface area contributed by atoms with Crippen LogP contribution in [-0.4, -0.2) is 62.1 Å². The Labute approximate surface area is 169 Å². The molecule has 0 radical (unpaired) electrons. The third-order valence-electron chi connectivity index (χ3n) is 5.17. The summed E-state index contributed by atoms with van der Waals surface area (Å²) in [7, 11) is 0. The number of piperazine rings is 1. The van der Waals surface area contributed by atoms with E-state index in [4.69, 9.17) is 5.26 Å². The van der Waals surface area contributed by atoms with E-state index in [-0.39, 0.29) is 5.56 Å². The van der Waals surface area contributed by atoms with Crippen molar-refractivity contribution in [3.63, 3.8) is 0 Å². The van der Waals surface area contributed by atoms with E-state index >= 15 is 0 Å². The van der Waals surface area contributed by atoms with Crippen LogP contribution in [0.25, 0.3) is 5.82 Å². The molecule has 1 aliphatic heterocycles. The molecule has 0 N–H and O–H groups in total. The molecule has 0 bridgehead atoms. The molecule has 1 aromatic carbocycles. The number of hydrogen-bond acceptors (Lipinski definition) is 6. The normalized spacial score (nSPS) is 15.3. The maximum Gasteiger partial charge on any atom is 0.266 e. The second-order valence-corrected chi connectivity index (χ2v) is 7.13. The van der Waals surface area contributed by atoms with Crippen LogP contribution in [0.5, 0.6) is 0 Å². The Balaban J connectivity index is 1.28. The van der Waals surface area contributed by atoms with Gasteiger partial charge in [0.2, 0.25) is 0 Å². The fourth-order valence-corrected chi connectivity index (χ4v) is 3.47. The first kappa shape index (κ1) is 19.1. The van der Waals surface area contributed by atoms with E-state index < -0.39 is 0 Å². The predicted molar refractivity (Wildman–Crippen MR) is 108 cm³/mol. The van der Waals surface area contributed by atoms with Gasteiger partial charge in [-0.2, -0.15) is 10.4 Å². The highest BCUT2D eigenvalue weighted by Gasteiger charge is 2.17. The molecule has 4 rings (SSSR count). The number of nitrogens with zero attached hydrogens (tertiary/aromatic N) is 7. The zero-order valence-electron chi connectivity index (χ0n) is 16.2. The molecule has 0 unspecified atom stereocenters. The summed E-state index contributed by atoms with van der Waals surface area (Å²) >= 11 is 0. The van der Waals surface area contributed by atoms with Crippen LogP contribution in [0, 0.1) is 11.3 Å². The average molecular weight is 389 g/mol. The summed E-state index contributed by atoms with van der Waals surface area (Å²) < 4.78 is 3.16. The fraction of sp³-hybridized carbons (Fsp3) is 0.333. The van der Waals surface area contributed by atoms with Crippen molar-refractivity contribution in [3.05, 3.63) is 76.3 Å². The van der Waals surface area contributed by atoms with Crippen molar-refractivity contribution in [1.82, 2.24) is 29.4 Å². The molecule has 29 heavy (non-hydrogen) atoms. The van der Waals surface area contributed by atoms with Crippen molar-refractivity contribution in [2.24, 2.45) is 0 Å². The Morgan fingerprint density at radius 2 is 1.72 bits per heavy atom. The molecule has 0 aliphatic carbocycles. The van der Waals surface area contributed by atoms with Crippen molar-refractivity contribution >= 4 is 0 Å². The topological polar surface area (TPSA) is 83.0 Å². The Hall–Kier alpha value is -3.28. The van der Waals surface area contributed by atoms with Crippen LogP contribution in [0.3, 0.4) is 0 Å². The fourth-order valence-electron chi connectivity index (χ4n) is 3.47. The maximum absolute atomic E-state index is 12.1. The van der Waals surface area contributed by atoms with Crippen molar-refractivity contribution in [2.45, 2.75) is 13.1 Å². The molecule has 3 heterocycles. The largest absolute Gasteiger partial charge is 0.299 e. The zero-order chi connectivity index (χ0) is 20.1. The highest BCUT2D eigenvalue weighted by Crippen LogP contribution is 2.10. The summed E-state index contributed by atoms with van der Waals surface area (Å²) in [6.07, 6.45) is 3.50. The molecule has 8 heteroatoms. The molecule has 8 nitrogen and oxygen atoms in total. The molecule has 0 spiro atoms. The Morgan fingerprint density at radius 3 is 2.41 bits per heavy atom. The molecule has 3 aromatic rings. The van der Waals surface area contributed by atoms with E-state index in [1.165, 1.54) is 10.2 Å². The first-order valence-corrected chi connectivity index (χ1v) is 9.73. The lowest BCUT2D eigenvalue weighted by molar-refractivity contribution is 0.122. The van der Waals surface area contributed by atoms with Gasteiger partial charge in [0.15, 0.2) is 5.82 Å². The van der Waals surface area contributed by atoms with E-state index in [1.54, 1.807) is 23.0 Å². The smallest absolute Gasteiger partial charge is 0.266 e.